The van der Waals surface area contributed by atoms with Gasteiger partial charge < -0.3 is 15.4 Å². The van der Waals surface area contributed by atoms with Crippen LogP contribution in [0.2, 0.25) is 0 Å². The average molecular weight is 391 g/mol. The highest BCUT2D eigenvalue weighted by Crippen LogP contribution is 2.35. The van der Waals surface area contributed by atoms with Crippen LogP contribution >= 0.6 is 0 Å². The smallest absolute Gasteiger partial charge is 0.240 e. The minimum absolute atomic E-state index is 0.125. The third kappa shape index (κ3) is 4.47. The Labute approximate surface area is 170 Å². The fourth-order valence-corrected chi connectivity index (χ4v) is 3.10. The molecule has 0 bridgehead atoms. The van der Waals surface area contributed by atoms with E-state index in [1.807, 2.05) is 66.4 Å². The molecule has 29 heavy (non-hydrogen) atoms. The third-order valence-electron chi connectivity index (χ3n) is 4.60. The molecule has 2 aromatic rings. The molecule has 0 aliphatic carbocycles. The molecule has 1 aliphatic rings. The van der Waals surface area contributed by atoms with Crippen LogP contribution in [0.1, 0.15) is 24.9 Å². The lowest BCUT2D eigenvalue weighted by Crippen LogP contribution is -2.46. The van der Waals surface area contributed by atoms with Gasteiger partial charge in [-0.3, -0.25) is 15.6 Å². The molecule has 7 nitrogen and oxygen atoms in total. The number of carbonyl (C=O) groups excluding carboxylic acids is 1. The van der Waals surface area contributed by atoms with Gasteiger partial charge in [-0.05, 0) is 36.8 Å². The fourth-order valence-electron chi connectivity index (χ4n) is 3.10. The zero-order chi connectivity index (χ0) is 20.8. The standard InChI is InChI=1S/C22H25N5O2/c1-4-19-22(24-18-8-6-7-9-20(18)27(19)5-2)26-25-21(28)14-17(23)15-10-12-16(29-3)13-11-15/h4-13,17H,2,14,23H2,1,3H3,(H,24,26)(H,25,28)/b19-4-. The summed E-state index contributed by atoms with van der Waals surface area (Å²) in [5.41, 5.74) is 15.1. The molecule has 0 aromatic heterocycles. The highest BCUT2D eigenvalue weighted by atomic mass is 16.5. The SMILES string of the molecule is C=CN1/C(=C\C)C(NNC(=O)CC(N)c2ccc(OC)cc2)=Nc2ccccc21. The van der Waals surface area contributed by atoms with Crippen LogP contribution in [0.25, 0.3) is 0 Å². The fraction of sp³-hybridized carbons (Fsp3) is 0.182. The Kier molecular flexibility index (Phi) is 6.31. The van der Waals surface area contributed by atoms with Crippen molar-refractivity contribution in [2.24, 2.45) is 10.7 Å². The number of carbonyl (C=O) groups is 1. The second kappa shape index (κ2) is 9.07. The van der Waals surface area contributed by atoms with Crippen molar-refractivity contribution >= 4 is 23.1 Å². The van der Waals surface area contributed by atoms with Gasteiger partial charge in [0.1, 0.15) is 5.75 Å². The van der Waals surface area contributed by atoms with Crippen LogP contribution in [-0.4, -0.2) is 18.9 Å². The first-order chi connectivity index (χ1) is 14.1. The van der Waals surface area contributed by atoms with Crippen molar-refractivity contribution in [3.63, 3.8) is 0 Å². The van der Waals surface area contributed by atoms with Crippen LogP contribution in [0, 0.1) is 0 Å². The number of hydrogen-bond acceptors (Lipinski definition) is 6. The lowest BCUT2D eigenvalue weighted by Gasteiger charge is -2.30. The Balaban J connectivity index is 1.67. The Morgan fingerprint density at radius 3 is 2.66 bits per heavy atom. The third-order valence-corrected chi connectivity index (χ3v) is 4.60. The van der Waals surface area contributed by atoms with Gasteiger partial charge in [-0.1, -0.05) is 36.9 Å². The summed E-state index contributed by atoms with van der Waals surface area (Å²) in [7, 11) is 1.60. The molecule has 0 radical (unpaired) electrons. The minimum atomic E-state index is -0.428. The summed E-state index contributed by atoms with van der Waals surface area (Å²) in [6, 6.07) is 14.6. The lowest BCUT2D eigenvalue weighted by molar-refractivity contribution is -0.122. The van der Waals surface area contributed by atoms with Crippen molar-refractivity contribution in [3.05, 3.63) is 78.6 Å². The number of methoxy groups -OCH3 is 1. The Morgan fingerprint density at radius 2 is 2.00 bits per heavy atom. The van der Waals surface area contributed by atoms with Crippen LogP contribution in [0.3, 0.4) is 0 Å². The number of amides is 1. The number of allylic oxidation sites excluding steroid dienone is 1. The summed E-state index contributed by atoms with van der Waals surface area (Å²) in [4.78, 5) is 18.9. The summed E-state index contributed by atoms with van der Waals surface area (Å²) in [5, 5.41) is 0. The van der Waals surface area contributed by atoms with E-state index in [0.29, 0.717) is 5.84 Å². The van der Waals surface area contributed by atoms with Gasteiger partial charge in [0.15, 0.2) is 5.84 Å². The van der Waals surface area contributed by atoms with Crippen LogP contribution in [0.5, 0.6) is 5.75 Å². The second-order valence-corrected chi connectivity index (χ2v) is 6.43. The summed E-state index contributed by atoms with van der Waals surface area (Å²) < 4.78 is 5.14. The van der Waals surface area contributed by atoms with Crippen LogP contribution in [0.4, 0.5) is 11.4 Å². The number of nitrogens with zero attached hydrogens (tertiary/aromatic N) is 2. The van der Waals surface area contributed by atoms with Gasteiger partial charge in [0, 0.05) is 18.7 Å². The molecule has 0 spiro atoms. The molecule has 0 fully saturated rings. The number of ether oxygens (including phenoxy) is 1. The van der Waals surface area contributed by atoms with Crippen LogP contribution < -0.4 is 26.2 Å². The van der Waals surface area contributed by atoms with Crippen LogP contribution in [-0.2, 0) is 4.79 Å². The monoisotopic (exact) mass is 391 g/mol. The molecule has 1 atom stereocenters. The minimum Gasteiger partial charge on any atom is -0.497 e. The number of nitrogens with two attached hydrogens (primary N) is 1. The number of hydrazine groups is 1. The average Bonchev–Trinajstić information content (AvgIpc) is 2.76. The topological polar surface area (TPSA) is 92.0 Å². The maximum atomic E-state index is 12.4. The van der Waals surface area contributed by atoms with Gasteiger partial charge >= 0.3 is 0 Å². The quantitative estimate of drug-likeness (QED) is 0.680. The van der Waals surface area contributed by atoms with E-state index in [4.69, 9.17) is 10.5 Å². The number of aliphatic imine (C=N–C) groups is 1. The molecule has 1 unspecified atom stereocenters. The predicted molar refractivity (Wildman–Crippen MR) is 116 cm³/mol. The molecular weight excluding hydrogens is 366 g/mol. The number of rotatable bonds is 5. The zero-order valence-corrected chi connectivity index (χ0v) is 16.6. The molecule has 1 heterocycles. The first kappa shape index (κ1) is 20.2. The Morgan fingerprint density at radius 1 is 1.28 bits per heavy atom. The largest absolute Gasteiger partial charge is 0.497 e. The van der Waals surface area contributed by atoms with Gasteiger partial charge in [-0.2, -0.15) is 0 Å². The molecule has 0 saturated carbocycles. The number of hydrogen-bond donors (Lipinski definition) is 3. The highest BCUT2D eigenvalue weighted by molar-refractivity contribution is 6.07. The molecule has 2 aromatic carbocycles. The van der Waals surface area contributed by atoms with Gasteiger partial charge in [0.2, 0.25) is 5.91 Å². The van der Waals surface area contributed by atoms with Gasteiger partial charge in [-0.25, -0.2) is 4.99 Å². The number of amidine groups is 1. The number of anilines is 1. The zero-order valence-electron chi connectivity index (χ0n) is 16.6. The van der Waals surface area contributed by atoms with E-state index < -0.39 is 6.04 Å². The van der Waals surface area contributed by atoms with E-state index in [-0.39, 0.29) is 12.3 Å². The maximum Gasteiger partial charge on any atom is 0.240 e. The lowest BCUT2D eigenvalue weighted by atomic mass is 10.0. The number of para-hydroxylation sites is 2. The first-order valence-electron chi connectivity index (χ1n) is 9.28. The number of benzene rings is 2. The number of nitrogens with one attached hydrogen (secondary N) is 2. The molecule has 7 heteroatoms. The highest BCUT2D eigenvalue weighted by Gasteiger charge is 2.23. The Bertz CT molecular complexity index is 950. The molecule has 150 valence electrons. The van der Waals surface area contributed by atoms with E-state index in [1.54, 1.807) is 13.3 Å². The van der Waals surface area contributed by atoms with Gasteiger partial charge in [0.25, 0.3) is 0 Å². The van der Waals surface area contributed by atoms with Crippen molar-refractivity contribution in [3.8, 4) is 5.75 Å². The van der Waals surface area contributed by atoms with Crippen molar-refractivity contribution in [1.82, 2.24) is 10.9 Å². The summed E-state index contributed by atoms with van der Waals surface area (Å²) in [6.45, 7) is 5.79. The van der Waals surface area contributed by atoms with Crippen molar-refractivity contribution in [2.45, 2.75) is 19.4 Å². The summed E-state index contributed by atoms with van der Waals surface area (Å²) >= 11 is 0. The van der Waals surface area contributed by atoms with E-state index >= 15 is 0 Å². The van der Waals surface area contributed by atoms with Gasteiger partial charge in [-0.15, -0.1) is 0 Å². The van der Waals surface area contributed by atoms with E-state index in [1.165, 1.54) is 0 Å². The Hall–Kier alpha value is -3.58. The van der Waals surface area contributed by atoms with E-state index in [9.17, 15) is 4.79 Å². The molecule has 0 saturated heterocycles. The normalized spacial score (nSPS) is 15.2. The van der Waals surface area contributed by atoms with E-state index in [0.717, 1.165) is 28.4 Å². The summed E-state index contributed by atoms with van der Waals surface area (Å²) in [5.74, 6) is 1.03. The molecule has 1 amide bonds. The van der Waals surface area contributed by atoms with Crippen molar-refractivity contribution < 1.29 is 9.53 Å². The van der Waals surface area contributed by atoms with Crippen molar-refractivity contribution in [2.75, 3.05) is 12.0 Å². The first-order valence-corrected chi connectivity index (χ1v) is 9.28. The van der Waals surface area contributed by atoms with E-state index in [2.05, 4.69) is 22.4 Å². The summed E-state index contributed by atoms with van der Waals surface area (Å²) in [6.07, 6.45) is 3.74. The second-order valence-electron chi connectivity index (χ2n) is 6.43. The number of fused-ring (bicyclic) bond motifs is 1. The molecule has 4 N–H and O–H groups in total. The van der Waals surface area contributed by atoms with Gasteiger partial charge in [0.05, 0.1) is 24.2 Å². The maximum absolute atomic E-state index is 12.4. The van der Waals surface area contributed by atoms with Crippen molar-refractivity contribution in [1.29, 1.82) is 0 Å². The van der Waals surface area contributed by atoms with Crippen LogP contribution in [0.15, 0.2) is 78.1 Å². The molecular formula is C22H25N5O2. The molecule has 1 aliphatic heterocycles. The molecule has 3 rings (SSSR count). The predicted octanol–water partition coefficient (Wildman–Crippen LogP) is 3.30.